The number of carbonyl (C=O) groups is 3. The fraction of sp³-hybridized carbons (Fsp3) is 0.435. The molecule has 10 nitrogen and oxygen atoms in total. The first-order chi connectivity index (χ1) is 15.3. The van der Waals surface area contributed by atoms with Gasteiger partial charge in [-0.05, 0) is 50.6 Å². The summed E-state index contributed by atoms with van der Waals surface area (Å²) in [6.45, 7) is 0. The van der Waals surface area contributed by atoms with Crippen LogP contribution in [0.25, 0.3) is 5.76 Å². The van der Waals surface area contributed by atoms with Crippen LogP contribution >= 0.6 is 0 Å². The number of benzene rings is 1. The molecule has 3 aliphatic rings. The average Bonchev–Trinajstić information content (AvgIpc) is 2.70. The third kappa shape index (κ3) is 2.90. The Labute approximate surface area is 190 Å². The SMILES string of the molecule is CN(C)c1ccc(O)c2c1C[C@H]1C[C@H]3C(N(C)C)C(=O)C(C(N)=O)=C(O)[C@@]3(O)C(=O)C1=C2O. The Morgan fingerprint density at radius 3 is 2.30 bits per heavy atom. The van der Waals surface area contributed by atoms with Crippen molar-refractivity contribution < 1.29 is 34.8 Å². The number of aliphatic hydroxyl groups excluding tert-OH is 2. The molecule has 176 valence electrons. The van der Waals surface area contributed by atoms with Crippen molar-refractivity contribution >= 4 is 28.9 Å². The number of aliphatic hydroxyl groups is 3. The Balaban J connectivity index is 1.99. The lowest BCUT2D eigenvalue weighted by atomic mass is 9.57. The van der Waals surface area contributed by atoms with E-state index in [9.17, 15) is 34.8 Å². The van der Waals surface area contributed by atoms with E-state index in [1.807, 2.05) is 19.0 Å². The summed E-state index contributed by atoms with van der Waals surface area (Å²) >= 11 is 0. The molecule has 0 heterocycles. The first-order valence-corrected chi connectivity index (χ1v) is 10.5. The molecule has 0 bridgehead atoms. The highest BCUT2D eigenvalue weighted by Crippen LogP contribution is 2.53. The number of hydrogen-bond acceptors (Lipinski definition) is 9. The van der Waals surface area contributed by atoms with Crippen LogP contribution in [-0.2, 0) is 20.8 Å². The smallest absolute Gasteiger partial charge is 0.255 e. The van der Waals surface area contributed by atoms with Gasteiger partial charge in [0.15, 0.2) is 11.4 Å². The van der Waals surface area contributed by atoms with Crippen molar-refractivity contribution in [2.24, 2.45) is 17.6 Å². The molecule has 0 radical (unpaired) electrons. The van der Waals surface area contributed by atoms with Crippen molar-refractivity contribution in [1.29, 1.82) is 0 Å². The summed E-state index contributed by atoms with van der Waals surface area (Å²) in [6, 6.07) is 2.01. The molecule has 1 saturated carbocycles. The highest BCUT2D eigenvalue weighted by molar-refractivity contribution is 6.24. The summed E-state index contributed by atoms with van der Waals surface area (Å²) < 4.78 is 0. The van der Waals surface area contributed by atoms with Crippen molar-refractivity contribution in [2.75, 3.05) is 33.1 Å². The summed E-state index contributed by atoms with van der Waals surface area (Å²) in [6.07, 6.45) is 0.324. The third-order valence-corrected chi connectivity index (χ3v) is 7.06. The van der Waals surface area contributed by atoms with E-state index in [1.165, 1.54) is 11.0 Å². The number of fused-ring (bicyclic) bond motifs is 3. The highest BCUT2D eigenvalue weighted by atomic mass is 16.3. The van der Waals surface area contributed by atoms with Gasteiger partial charge >= 0.3 is 0 Å². The van der Waals surface area contributed by atoms with Crippen LogP contribution in [-0.4, -0.2) is 82.6 Å². The van der Waals surface area contributed by atoms with Gasteiger partial charge < -0.3 is 31.1 Å². The van der Waals surface area contributed by atoms with Gasteiger partial charge in [-0.1, -0.05) is 0 Å². The van der Waals surface area contributed by atoms with Crippen LogP contribution < -0.4 is 10.6 Å². The monoisotopic (exact) mass is 457 g/mol. The third-order valence-electron chi connectivity index (χ3n) is 7.06. The lowest BCUT2D eigenvalue weighted by Gasteiger charge is -2.50. The predicted molar refractivity (Wildman–Crippen MR) is 119 cm³/mol. The minimum absolute atomic E-state index is 0.0638. The van der Waals surface area contributed by atoms with E-state index in [1.54, 1.807) is 20.2 Å². The van der Waals surface area contributed by atoms with Crippen molar-refractivity contribution in [3.63, 3.8) is 0 Å². The quantitative estimate of drug-likeness (QED) is 0.394. The Kier molecular flexibility index (Phi) is 5.06. The molecule has 1 unspecified atom stereocenters. The number of aromatic hydroxyl groups is 1. The summed E-state index contributed by atoms with van der Waals surface area (Å²) in [4.78, 5) is 42.0. The number of amides is 1. The molecule has 0 saturated heterocycles. The molecule has 1 amide bonds. The fourth-order valence-electron chi connectivity index (χ4n) is 5.65. The number of nitrogens with zero attached hydrogens (tertiary/aromatic N) is 2. The molecule has 0 aromatic heterocycles. The van der Waals surface area contributed by atoms with Gasteiger partial charge in [0.25, 0.3) is 5.91 Å². The lowest BCUT2D eigenvalue weighted by Crippen LogP contribution is -2.65. The number of anilines is 1. The minimum atomic E-state index is -2.63. The van der Waals surface area contributed by atoms with Crippen molar-refractivity contribution in [3.8, 4) is 5.75 Å². The van der Waals surface area contributed by atoms with Crippen LogP contribution in [0.5, 0.6) is 5.75 Å². The van der Waals surface area contributed by atoms with E-state index >= 15 is 0 Å². The van der Waals surface area contributed by atoms with Crippen molar-refractivity contribution in [3.05, 3.63) is 40.2 Å². The number of phenolic OH excluding ortho intramolecular Hbond substituents is 1. The molecule has 1 aromatic rings. The number of phenols is 1. The van der Waals surface area contributed by atoms with E-state index in [0.717, 1.165) is 5.69 Å². The second kappa shape index (κ2) is 7.32. The Morgan fingerprint density at radius 2 is 1.76 bits per heavy atom. The number of nitrogens with two attached hydrogens (primary N) is 1. The van der Waals surface area contributed by atoms with Crippen LogP contribution in [0.4, 0.5) is 5.69 Å². The van der Waals surface area contributed by atoms with Crippen LogP contribution in [0.15, 0.2) is 29.0 Å². The van der Waals surface area contributed by atoms with Gasteiger partial charge in [-0.2, -0.15) is 0 Å². The maximum absolute atomic E-state index is 13.7. The van der Waals surface area contributed by atoms with E-state index in [-0.39, 0.29) is 29.7 Å². The number of likely N-dealkylation sites (N-methyl/N-ethyl adjacent to an activating group) is 1. The number of ketones is 2. The summed E-state index contributed by atoms with van der Waals surface area (Å²) in [5.74, 6) is -6.54. The van der Waals surface area contributed by atoms with E-state index in [4.69, 9.17) is 5.73 Å². The summed E-state index contributed by atoms with van der Waals surface area (Å²) in [7, 11) is 6.75. The first kappa shape index (κ1) is 22.8. The normalized spacial score (nSPS) is 29.1. The molecule has 4 rings (SSSR count). The van der Waals surface area contributed by atoms with E-state index < -0.39 is 58.0 Å². The van der Waals surface area contributed by atoms with Gasteiger partial charge in [-0.25, -0.2) is 0 Å². The molecular formula is C23H27N3O7. The highest BCUT2D eigenvalue weighted by Gasteiger charge is 2.64. The predicted octanol–water partition coefficient (Wildman–Crippen LogP) is 0.0300. The zero-order valence-electron chi connectivity index (χ0n) is 18.8. The van der Waals surface area contributed by atoms with Crippen LogP contribution in [0.3, 0.4) is 0 Å². The first-order valence-electron chi connectivity index (χ1n) is 10.5. The van der Waals surface area contributed by atoms with Gasteiger partial charge in [0.05, 0.1) is 11.6 Å². The number of Topliss-reactive ketones (excluding diaryl/α,β-unsaturated/α-hetero) is 2. The zero-order chi connectivity index (χ0) is 24.6. The molecule has 10 heteroatoms. The van der Waals surface area contributed by atoms with E-state index in [2.05, 4.69) is 0 Å². The zero-order valence-corrected chi connectivity index (χ0v) is 18.8. The molecule has 6 N–H and O–H groups in total. The summed E-state index contributed by atoms with van der Waals surface area (Å²) in [5, 5.41) is 43.9. The van der Waals surface area contributed by atoms with Gasteiger partial charge in [0.2, 0.25) is 5.78 Å². The molecule has 4 atom stereocenters. The van der Waals surface area contributed by atoms with Gasteiger partial charge in [0.1, 0.15) is 22.8 Å². The molecule has 1 fully saturated rings. The molecular weight excluding hydrogens is 430 g/mol. The Hall–Kier alpha value is -3.37. The molecule has 3 aliphatic carbocycles. The summed E-state index contributed by atoms with van der Waals surface area (Å²) in [5.41, 5.74) is 3.15. The second-order valence-corrected chi connectivity index (χ2v) is 9.31. The fourth-order valence-corrected chi connectivity index (χ4v) is 5.65. The van der Waals surface area contributed by atoms with Crippen LogP contribution in [0.1, 0.15) is 17.5 Å². The van der Waals surface area contributed by atoms with Crippen LogP contribution in [0.2, 0.25) is 0 Å². The van der Waals surface area contributed by atoms with Crippen molar-refractivity contribution in [2.45, 2.75) is 24.5 Å². The number of primary amides is 1. The maximum atomic E-state index is 13.7. The van der Waals surface area contributed by atoms with Gasteiger partial charge in [0, 0.05) is 31.3 Å². The number of rotatable bonds is 3. The maximum Gasteiger partial charge on any atom is 0.255 e. The Morgan fingerprint density at radius 1 is 1.12 bits per heavy atom. The van der Waals surface area contributed by atoms with Crippen molar-refractivity contribution in [1.82, 2.24) is 4.90 Å². The van der Waals surface area contributed by atoms with Gasteiger partial charge in [-0.15, -0.1) is 0 Å². The van der Waals surface area contributed by atoms with Crippen LogP contribution in [0, 0.1) is 11.8 Å². The molecule has 0 spiro atoms. The molecule has 33 heavy (non-hydrogen) atoms. The topological polar surface area (TPSA) is 165 Å². The standard InChI is InChI=1S/C23H27N3O7/c1-25(2)12-5-6-13(27)15-10(12)7-9-8-11-17(26(3)4)19(29)16(22(24)32)21(31)23(11,33)20(30)14(9)18(15)28/h5-6,9,11,17,27-28,31,33H,7-8H2,1-4H3,(H2,24,32)/t9-,11-,17?,23-/m0/s1. The van der Waals surface area contributed by atoms with Gasteiger partial charge in [-0.3, -0.25) is 19.3 Å². The largest absolute Gasteiger partial charge is 0.508 e. The number of hydrogen-bond donors (Lipinski definition) is 5. The number of carbonyl (C=O) groups excluding carboxylic acids is 3. The molecule has 0 aliphatic heterocycles. The average molecular weight is 457 g/mol. The molecule has 1 aromatic carbocycles. The Bertz CT molecular complexity index is 1170. The minimum Gasteiger partial charge on any atom is -0.508 e. The lowest BCUT2D eigenvalue weighted by molar-refractivity contribution is -0.153. The second-order valence-electron chi connectivity index (χ2n) is 9.31. The van der Waals surface area contributed by atoms with E-state index in [0.29, 0.717) is 5.56 Å².